The van der Waals surface area contributed by atoms with Crippen molar-refractivity contribution in [2.75, 3.05) is 11.9 Å². The highest BCUT2D eigenvalue weighted by Gasteiger charge is 2.06. The molecular formula is C16H21N3. The summed E-state index contributed by atoms with van der Waals surface area (Å²) in [5.41, 5.74) is 9.27. The molecule has 0 aliphatic rings. The predicted molar refractivity (Wildman–Crippen MR) is 80.1 cm³/mol. The fraction of sp³-hybridized carbons (Fsp3) is 0.312. The zero-order valence-corrected chi connectivity index (χ0v) is 11.6. The van der Waals surface area contributed by atoms with E-state index in [-0.39, 0.29) is 0 Å². The molecule has 0 spiro atoms. The first-order valence-corrected chi connectivity index (χ1v) is 6.68. The molecule has 0 atom stereocenters. The number of hydrogen-bond acceptors (Lipinski definition) is 3. The third-order valence-corrected chi connectivity index (χ3v) is 3.18. The molecule has 3 heteroatoms. The Hall–Kier alpha value is -1.87. The average molecular weight is 255 g/mol. The lowest BCUT2D eigenvalue weighted by Crippen LogP contribution is -2.18. The van der Waals surface area contributed by atoms with E-state index in [9.17, 15) is 0 Å². The second-order valence-electron chi connectivity index (χ2n) is 4.72. The van der Waals surface area contributed by atoms with E-state index in [1.807, 2.05) is 6.07 Å². The molecule has 100 valence electrons. The number of aromatic nitrogens is 1. The molecule has 0 bridgehead atoms. The molecule has 0 amide bonds. The van der Waals surface area contributed by atoms with Gasteiger partial charge >= 0.3 is 0 Å². The van der Waals surface area contributed by atoms with Crippen molar-refractivity contribution in [3.05, 3.63) is 59.3 Å². The molecule has 1 aromatic carbocycles. The summed E-state index contributed by atoms with van der Waals surface area (Å²) in [7, 11) is 2.06. The van der Waals surface area contributed by atoms with Crippen LogP contribution >= 0.6 is 0 Å². The molecule has 1 heterocycles. The summed E-state index contributed by atoms with van der Waals surface area (Å²) in [6.45, 7) is 3.52. The smallest absolute Gasteiger partial charge is 0.129 e. The number of pyridine rings is 1. The molecular weight excluding hydrogens is 234 g/mol. The Labute approximate surface area is 115 Å². The number of benzene rings is 1. The third-order valence-electron chi connectivity index (χ3n) is 3.18. The lowest BCUT2D eigenvalue weighted by Gasteiger charge is -2.20. The molecule has 0 saturated heterocycles. The normalized spacial score (nSPS) is 10.5. The predicted octanol–water partition coefficient (Wildman–Crippen LogP) is 2.74. The molecule has 0 aliphatic carbocycles. The Bertz CT molecular complexity index is 501. The summed E-state index contributed by atoms with van der Waals surface area (Å²) in [5.74, 6) is 0.989. The fourth-order valence-corrected chi connectivity index (χ4v) is 2.07. The second kappa shape index (κ2) is 6.34. The maximum Gasteiger partial charge on any atom is 0.129 e. The van der Waals surface area contributed by atoms with Crippen LogP contribution in [-0.2, 0) is 19.5 Å². The van der Waals surface area contributed by atoms with Crippen molar-refractivity contribution in [3.8, 4) is 0 Å². The zero-order valence-electron chi connectivity index (χ0n) is 11.6. The van der Waals surface area contributed by atoms with Crippen molar-refractivity contribution in [2.45, 2.75) is 26.4 Å². The summed E-state index contributed by atoms with van der Waals surface area (Å²) in [6, 6.07) is 14.6. The highest BCUT2D eigenvalue weighted by Crippen LogP contribution is 2.16. The van der Waals surface area contributed by atoms with Crippen LogP contribution in [0.3, 0.4) is 0 Å². The molecule has 19 heavy (non-hydrogen) atoms. The number of aryl methyl sites for hydroxylation is 1. The summed E-state index contributed by atoms with van der Waals surface area (Å²) in [4.78, 5) is 6.83. The number of nitrogens with two attached hydrogens (primary N) is 1. The second-order valence-corrected chi connectivity index (χ2v) is 4.72. The van der Waals surface area contributed by atoms with Crippen LogP contribution in [0, 0.1) is 0 Å². The van der Waals surface area contributed by atoms with Crippen LogP contribution in [0.15, 0.2) is 42.5 Å². The van der Waals surface area contributed by atoms with E-state index in [0.717, 1.165) is 30.0 Å². The van der Waals surface area contributed by atoms with Crippen LogP contribution in [0.1, 0.15) is 23.7 Å². The van der Waals surface area contributed by atoms with Crippen LogP contribution < -0.4 is 10.6 Å². The van der Waals surface area contributed by atoms with Gasteiger partial charge in [-0.25, -0.2) is 4.98 Å². The van der Waals surface area contributed by atoms with Crippen LogP contribution in [-0.4, -0.2) is 12.0 Å². The van der Waals surface area contributed by atoms with E-state index >= 15 is 0 Å². The van der Waals surface area contributed by atoms with E-state index in [4.69, 9.17) is 5.73 Å². The molecule has 2 rings (SSSR count). The lowest BCUT2D eigenvalue weighted by molar-refractivity contribution is 0.875. The summed E-state index contributed by atoms with van der Waals surface area (Å²) < 4.78 is 0. The van der Waals surface area contributed by atoms with Crippen LogP contribution in [0.25, 0.3) is 0 Å². The number of hydrogen-bond donors (Lipinski definition) is 1. The first-order chi connectivity index (χ1) is 9.22. The van der Waals surface area contributed by atoms with Crippen molar-refractivity contribution in [1.82, 2.24) is 4.98 Å². The number of anilines is 1. The van der Waals surface area contributed by atoms with Crippen LogP contribution in [0.5, 0.6) is 0 Å². The van der Waals surface area contributed by atoms with E-state index in [0.29, 0.717) is 6.54 Å². The molecule has 0 fully saturated rings. The Kier molecular flexibility index (Phi) is 4.53. The average Bonchev–Trinajstić information content (AvgIpc) is 2.47. The van der Waals surface area contributed by atoms with Gasteiger partial charge in [0.2, 0.25) is 0 Å². The molecule has 0 aliphatic heterocycles. The van der Waals surface area contributed by atoms with E-state index < -0.39 is 0 Å². The summed E-state index contributed by atoms with van der Waals surface area (Å²) >= 11 is 0. The Morgan fingerprint density at radius 2 is 1.84 bits per heavy atom. The van der Waals surface area contributed by atoms with Gasteiger partial charge in [0, 0.05) is 25.8 Å². The first-order valence-electron chi connectivity index (χ1n) is 6.68. The van der Waals surface area contributed by atoms with Gasteiger partial charge in [-0.05, 0) is 29.7 Å². The Morgan fingerprint density at radius 1 is 1.11 bits per heavy atom. The minimum Gasteiger partial charge on any atom is -0.355 e. The van der Waals surface area contributed by atoms with Gasteiger partial charge in [0.05, 0.1) is 0 Å². The first kappa shape index (κ1) is 13.6. The number of rotatable bonds is 5. The van der Waals surface area contributed by atoms with Crippen molar-refractivity contribution in [1.29, 1.82) is 0 Å². The molecule has 2 N–H and O–H groups in total. The quantitative estimate of drug-likeness (QED) is 0.893. The minimum absolute atomic E-state index is 0.557. The van der Waals surface area contributed by atoms with Crippen molar-refractivity contribution < 1.29 is 0 Å². The van der Waals surface area contributed by atoms with Gasteiger partial charge in [0.1, 0.15) is 5.82 Å². The zero-order chi connectivity index (χ0) is 13.7. The van der Waals surface area contributed by atoms with Gasteiger partial charge < -0.3 is 10.6 Å². The van der Waals surface area contributed by atoms with Gasteiger partial charge in [0.15, 0.2) is 0 Å². The molecule has 0 saturated carbocycles. The van der Waals surface area contributed by atoms with Gasteiger partial charge in [0.25, 0.3) is 0 Å². The molecule has 3 nitrogen and oxygen atoms in total. The highest BCUT2D eigenvalue weighted by molar-refractivity contribution is 5.43. The lowest BCUT2D eigenvalue weighted by atomic mass is 10.1. The molecule has 0 unspecified atom stereocenters. The molecule has 0 radical (unpaired) electrons. The highest BCUT2D eigenvalue weighted by atomic mass is 15.2. The Morgan fingerprint density at radius 3 is 2.47 bits per heavy atom. The van der Waals surface area contributed by atoms with E-state index in [2.05, 4.69) is 60.3 Å². The molecule has 2 aromatic rings. The number of nitrogens with zero attached hydrogens (tertiary/aromatic N) is 2. The van der Waals surface area contributed by atoms with Crippen molar-refractivity contribution >= 4 is 5.82 Å². The summed E-state index contributed by atoms with van der Waals surface area (Å²) in [6.07, 6.45) is 0.931. The SMILES string of the molecule is CCc1cc(CN)cc(N(C)Cc2ccccc2)n1. The van der Waals surface area contributed by atoms with Gasteiger partial charge in [-0.1, -0.05) is 37.3 Å². The molecule has 1 aromatic heterocycles. The topological polar surface area (TPSA) is 42.1 Å². The third kappa shape index (κ3) is 3.55. The van der Waals surface area contributed by atoms with Crippen molar-refractivity contribution in [2.24, 2.45) is 5.73 Å². The van der Waals surface area contributed by atoms with Crippen molar-refractivity contribution in [3.63, 3.8) is 0 Å². The maximum absolute atomic E-state index is 5.75. The Balaban J connectivity index is 2.20. The minimum atomic E-state index is 0.557. The fourth-order valence-electron chi connectivity index (χ4n) is 2.07. The van der Waals surface area contributed by atoms with E-state index in [1.54, 1.807) is 0 Å². The maximum atomic E-state index is 5.75. The monoisotopic (exact) mass is 255 g/mol. The van der Waals surface area contributed by atoms with E-state index in [1.165, 1.54) is 5.56 Å². The van der Waals surface area contributed by atoms with Crippen LogP contribution in [0.2, 0.25) is 0 Å². The van der Waals surface area contributed by atoms with Gasteiger partial charge in [-0.15, -0.1) is 0 Å². The summed E-state index contributed by atoms with van der Waals surface area (Å²) in [5, 5.41) is 0. The van der Waals surface area contributed by atoms with Gasteiger partial charge in [-0.3, -0.25) is 0 Å². The van der Waals surface area contributed by atoms with Crippen LogP contribution in [0.4, 0.5) is 5.82 Å². The standard InChI is InChI=1S/C16H21N3/c1-3-15-9-14(11-17)10-16(18-15)19(2)12-13-7-5-4-6-8-13/h4-10H,3,11-12,17H2,1-2H3. The largest absolute Gasteiger partial charge is 0.355 e. The van der Waals surface area contributed by atoms with Gasteiger partial charge in [-0.2, -0.15) is 0 Å².